The monoisotopic (exact) mass is 297 g/mol. The highest BCUT2D eigenvalue weighted by atomic mass is 16.3. The van der Waals surface area contributed by atoms with Gasteiger partial charge < -0.3 is 20.6 Å². The van der Waals surface area contributed by atoms with E-state index >= 15 is 0 Å². The molecule has 3 rings (SSSR count). The van der Waals surface area contributed by atoms with Crippen molar-refractivity contribution in [1.29, 1.82) is 0 Å². The first-order valence-corrected chi connectivity index (χ1v) is 7.60. The van der Waals surface area contributed by atoms with Crippen molar-refractivity contribution in [2.75, 3.05) is 25.5 Å². The largest absolute Gasteiger partial charge is 0.508 e. The minimum atomic E-state index is 0.166. The lowest BCUT2D eigenvalue weighted by Gasteiger charge is -2.26. The van der Waals surface area contributed by atoms with Gasteiger partial charge in [-0.05, 0) is 42.9 Å². The third-order valence-corrected chi connectivity index (χ3v) is 4.17. The lowest BCUT2D eigenvalue weighted by molar-refractivity contribution is 0.402. The van der Waals surface area contributed by atoms with E-state index in [4.69, 9.17) is 5.73 Å². The van der Waals surface area contributed by atoms with E-state index < -0.39 is 0 Å². The van der Waals surface area contributed by atoms with E-state index in [1.807, 2.05) is 12.1 Å². The van der Waals surface area contributed by atoms with Crippen LogP contribution in [0.15, 0.2) is 42.5 Å². The Hall–Kier alpha value is -2.04. The summed E-state index contributed by atoms with van der Waals surface area (Å²) < 4.78 is 0. The second-order valence-electron chi connectivity index (χ2n) is 6.17. The van der Waals surface area contributed by atoms with Gasteiger partial charge in [-0.1, -0.05) is 24.3 Å². The zero-order valence-corrected chi connectivity index (χ0v) is 13.2. The van der Waals surface area contributed by atoms with Gasteiger partial charge in [0.15, 0.2) is 0 Å². The predicted molar refractivity (Wildman–Crippen MR) is 89.9 cm³/mol. The summed E-state index contributed by atoms with van der Waals surface area (Å²) in [4.78, 5) is 4.44. The molecule has 22 heavy (non-hydrogen) atoms. The first-order chi connectivity index (χ1) is 10.6. The molecule has 1 aliphatic heterocycles. The molecule has 0 radical (unpaired) electrons. The molecule has 0 saturated carbocycles. The van der Waals surface area contributed by atoms with Crippen LogP contribution in [0, 0.1) is 0 Å². The molecule has 116 valence electrons. The first-order valence-electron chi connectivity index (χ1n) is 7.60. The van der Waals surface area contributed by atoms with Crippen LogP contribution < -0.4 is 10.6 Å². The molecule has 0 aromatic heterocycles. The van der Waals surface area contributed by atoms with Gasteiger partial charge >= 0.3 is 0 Å². The molecular weight excluding hydrogens is 274 g/mol. The maximum Gasteiger partial charge on any atom is 0.117 e. The molecule has 4 nitrogen and oxygen atoms in total. The number of benzene rings is 2. The number of fused-ring (bicyclic) bond motifs is 1. The van der Waals surface area contributed by atoms with Crippen LogP contribution in [-0.2, 0) is 13.1 Å². The van der Waals surface area contributed by atoms with E-state index in [-0.39, 0.29) is 11.8 Å². The fraction of sp³-hybridized carbons (Fsp3) is 0.333. The zero-order chi connectivity index (χ0) is 15.7. The van der Waals surface area contributed by atoms with E-state index in [2.05, 4.69) is 42.1 Å². The van der Waals surface area contributed by atoms with Crippen molar-refractivity contribution in [3.05, 3.63) is 59.2 Å². The molecule has 2 aromatic rings. The third-order valence-electron chi connectivity index (χ3n) is 4.17. The molecule has 1 unspecified atom stereocenters. The number of phenolic OH excluding ortho intramolecular Hbond substituents is 1. The van der Waals surface area contributed by atoms with Crippen molar-refractivity contribution in [3.8, 4) is 5.75 Å². The number of rotatable bonds is 4. The Labute approximate surface area is 131 Å². The minimum absolute atomic E-state index is 0.166. The number of hydrogen-bond acceptors (Lipinski definition) is 4. The molecule has 0 aliphatic carbocycles. The minimum Gasteiger partial charge on any atom is -0.508 e. The Bertz CT molecular complexity index is 669. The summed E-state index contributed by atoms with van der Waals surface area (Å²) in [6, 6.07) is 14.2. The average Bonchev–Trinajstić information content (AvgIpc) is 2.84. The topological polar surface area (TPSA) is 52.7 Å². The summed E-state index contributed by atoms with van der Waals surface area (Å²) >= 11 is 0. The van der Waals surface area contributed by atoms with Gasteiger partial charge in [-0.3, -0.25) is 0 Å². The second-order valence-corrected chi connectivity index (χ2v) is 6.17. The standard InChI is InChI=1S/C18H23N3O/c1-20(2)11-13-6-7-14-12-21(18(10-19)17(14)8-13)15-4-3-5-16(22)9-15/h3-9,18,22H,10-12,19H2,1-2H3. The van der Waals surface area contributed by atoms with E-state index in [1.54, 1.807) is 12.1 Å². The van der Waals surface area contributed by atoms with Gasteiger partial charge in [0.05, 0.1) is 6.04 Å². The molecule has 2 aromatic carbocycles. The Balaban J connectivity index is 1.94. The van der Waals surface area contributed by atoms with Crippen LogP contribution in [0.25, 0.3) is 0 Å². The summed E-state index contributed by atoms with van der Waals surface area (Å²) in [7, 11) is 4.15. The van der Waals surface area contributed by atoms with Crippen molar-refractivity contribution in [2.24, 2.45) is 5.73 Å². The maximum absolute atomic E-state index is 9.73. The number of phenols is 1. The lowest BCUT2D eigenvalue weighted by atomic mass is 10.0. The zero-order valence-electron chi connectivity index (χ0n) is 13.2. The molecule has 0 saturated heterocycles. The van der Waals surface area contributed by atoms with E-state index in [9.17, 15) is 5.11 Å². The number of aromatic hydroxyl groups is 1. The van der Waals surface area contributed by atoms with Gasteiger partial charge in [-0.2, -0.15) is 0 Å². The Morgan fingerprint density at radius 1 is 1.23 bits per heavy atom. The summed E-state index contributed by atoms with van der Waals surface area (Å²) in [5.74, 6) is 0.289. The van der Waals surface area contributed by atoms with Crippen LogP contribution in [0.1, 0.15) is 22.7 Å². The van der Waals surface area contributed by atoms with Gasteiger partial charge in [0.1, 0.15) is 5.75 Å². The van der Waals surface area contributed by atoms with Gasteiger partial charge in [-0.25, -0.2) is 0 Å². The van der Waals surface area contributed by atoms with E-state index in [1.165, 1.54) is 16.7 Å². The van der Waals surface area contributed by atoms with E-state index in [0.29, 0.717) is 6.54 Å². The molecule has 4 heteroatoms. The van der Waals surface area contributed by atoms with E-state index in [0.717, 1.165) is 18.8 Å². The number of nitrogens with zero attached hydrogens (tertiary/aromatic N) is 2. The summed E-state index contributed by atoms with van der Waals surface area (Å²) in [6.45, 7) is 2.33. The normalized spacial score (nSPS) is 17.1. The number of hydrogen-bond donors (Lipinski definition) is 2. The molecule has 1 heterocycles. The van der Waals surface area contributed by atoms with Crippen LogP contribution in [0.3, 0.4) is 0 Å². The van der Waals surface area contributed by atoms with Crippen LogP contribution in [-0.4, -0.2) is 30.6 Å². The quantitative estimate of drug-likeness (QED) is 0.910. The fourth-order valence-electron chi connectivity index (χ4n) is 3.22. The molecule has 1 atom stereocenters. The van der Waals surface area contributed by atoms with Crippen molar-refractivity contribution < 1.29 is 5.11 Å². The van der Waals surface area contributed by atoms with Crippen molar-refractivity contribution in [2.45, 2.75) is 19.1 Å². The van der Waals surface area contributed by atoms with Crippen LogP contribution in [0.5, 0.6) is 5.75 Å². The molecule has 0 amide bonds. The fourth-order valence-corrected chi connectivity index (χ4v) is 3.22. The van der Waals surface area contributed by atoms with Crippen LogP contribution in [0.2, 0.25) is 0 Å². The summed E-state index contributed by atoms with van der Waals surface area (Å²) in [5, 5.41) is 9.73. The molecule has 0 bridgehead atoms. The summed E-state index contributed by atoms with van der Waals surface area (Å²) in [6.07, 6.45) is 0. The van der Waals surface area contributed by atoms with Gasteiger partial charge in [0.25, 0.3) is 0 Å². The second kappa shape index (κ2) is 5.99. The summed E-state index contributed by atoms with van der Waals surface area (Å²) in [5.41, 5.74) is 11.0. The lowest BCUT2D eigenvalue weighted by Crippen LogP contribution is -2.27. The highest BCUT2D eigenvalue weighted by Gasteiger charge is 2.29. The Kier molecular flexibility index (Phi) is 4.05. The smallest absolute Gasteiger partial charge is 0.117 e. The predicted octanol–water partition coefficient (Wildman–Crippen LogP) is 2.47. The maximum atomic E-state index is 9.73. The molecule has 3 N–H and O–H groups in total. The molecule has 0 fully saturated rings. The van der Waals surface area contributed by atoms with Crippen LogP contribution in [0.4, 0.5) is 5.69 Å². The SMILES string of the molecule is CN(C)Cc1ccc2c(c1)C(CN)N(c1cccc(O)c1)C2. The van der Waals surface area contributed by atoms with Crippen molar-refractivity contribution in [3.63, 3.8) is 0 Å². The van der Waals surface area contributed by atoms with Crippen molar-refractivity contribution >= 4 is 5.69 Å². The van der Waals surface area contributed by atoms with Gasteiger partial charge in [0, 0.05) is 31.4 Å². The van der Waals surface area contributed by atoms with Gasteiger partial charge in [0.2, 0.25) is 0 Å². The Morgan fingerprint density at radius 3 is 2.73 bits per heavy atom. The highest BCUT2D eigenvalue weighted by molar-refractivity contribution is 5.57. The average molecular weight is 297 g/mol. The van der Waals surface area contributed by atoms with Crippen molar-refractivity contribution in [1.82, 2.24) is 4.90 Å². The first kappa shape index (κ1) is 14.9. The molecular formula is C18H23N3O. The van der Waals surface area contributed by atoms with Gasteiger partial charge in [-0.15, -0.1) is 0 Å². The number of anilines is 1. The number of nitrogens with two attached hydrogens (primary N) is 1. The van der Waals surface area contributed by atoms with Crippen LogP contribution >= 0.6 is 0 Å². The molecule has 1 aliphatic rings. The Morgan fingerprint density at radius 2 is 2.05 bits per heavy atom. The third kappa shape index (κ3) is 2.80. The highest BCUT2D eigenvalue weighted by Crippen LogP contribution is 2.38. The molecule has 0 spiro atoms.